The van der Waals surface area contributed by atoms with E-state index in [9.17, 15) is 12.8 Å². The van der Waals surface area contributed by atoms with Gasteiger partial charge in [0.2, 0.25) is 5.89 Å². The van der Waals surface area contributed by atoms with Gasteiger partial charge in [-0.3, -0.25) is 4.72 Å². The van der Waals surface area contributed by atoms with Crippen molar-refractivity contribution in [2.24, 2.45) is 0 Å². The van der Waals surface area contributed by atoms with Crippen molar-refractivity contribution >= 4 is 32.7 Å². The lowest BCUT2D eigenvalue weighted by molar-refractivity contribution is 0.486. The minimum absolute atomic E-state index is 0.0161. The molecule has 10 heteroatoms. The highest BCUT2D eigenvalue weighted by Gasteiger charge is 2.16. The van der Waals surface area contributed by atoms with E-state index in [1.165, 1.54) is 23.5 Å². The zero-order valence-corrected chi connectivity index (χ0v) is 17.4. The van der Waals surface area contributed by atoms with E-state index in [0.29, 0.717) is 17.5 Å². The van der Waals surface area contributed by atoms with Gasteiger partial charge in [0.1, 0.15) is 11.9 Å². The first-order chi connectivity index (χ1) is 14.4. The second-order valence-electron chi connectivity index (χ2n) is 6.43. The van der Waals surface area contributed by atoms with Crippen molar-refractivity contribution in [1.82, 2.24) is 10.2 Å². The number of thiophene rings is 1. The molecule has 154 valence electrons. The zero-order chi connectivity index (χ0) is 21.1. The number of sulfonamides is 1. The van der Waals surface area contributed by atoms with Crippen LogP contribution in [0.15, 0.2) is 75.4 Å². The molecule has 0 saturated carbocycles. The van der Waals surface area contributed by atoms with Crippen molar-refractivity contribution in [3.63, 3.8) is 0 Å². The Kier molecular flexibility index (Phi) is 5.51. The van der Waals surface area contributed by atoms with E-state index in [-0.39, 0.29) is 10.9 Å². The van der Waals surface area contributed by atoms with E-state index in [4.69, 9.17) is 4.42 Å². The standard InChI is InChI=1S/C20H17FN4O3S2/c1-13(19-23-24-20(28-19)18-3-2-12-29-18)22-15-6-8-16(9-7-15)25-30(26,27)17-10-4-14(21)5-11-17/h2-13,22,25H,1H3/t13-/m0/s1. The van der Waals surface area contributed by atoms with Crippen LogP contribution in [0.1, 0.15) is 18.9 Å². The van der Waals surface area contributed by atoms with Crippen LogP contribution < -0.4 is 10.0 Å². The molecule has 0 unspecified atom stereocenters. The van der Waals surface area contributed by atoms with Gasteiger partial charge in [-0.15, -0.1) is 21.5 Å². The molecule has 0 fully saturated rings. The molecule has 0 aliphatic carbocycles. The quantitative estimate of drug-likeness (QED) is 0.420. The highest BCUT2D eigenvalue weighted by molar-refractivity contribution is 7.92. The summed E-state index contributed by atoms with van der Waals surface area (Å²) < 4.78 is 46.0. The molecular formula is C20H17FN4O3S2. The topological polar surface area (TPSA) is 97.1 Å². The third kappa shape index (κ3) is 4.50. The Balaban J connectivity index is 1.41. The van der Waals surface area contributed by atoms with Gasteiger partial charge < -0.3 is 9.73 Å². The molecular weight excluding hydrogens is 427 g/mol. The normalized spacial score (nSPS) is 12.5. The maximum absolute atomic E-state index is 13.0. The Labute approximate surface area is 176 Å². The fourth-order valence-corrected chi connectivity index (χ4v) is 4.39. The minimum atomic E-state index is -3.80. The summed E-state index contributed by atoms with van der Waals surface area (Å²) in [5.41, 5.74) is 1.14. The van der Waals surface area contributed by atoms with E-state index < -0.39 is 15.8 Å². The van der Waals surface area contributed by atoms with Crippen molar-refractivity contribution in [2.45, 2.75) is 17.9 Å². The van der Waals surface area contributed by atoms with E-state index in [1.807, 2.05) is 24.4 Å². The lowest BCUT2D eigenvalue weighted by Crippen LogP contribution is -2.13. The number of halogens is 1. The highest BCUT2D eigenvalue weighted by atomic mass is 32.2. The summed E-state index contributed by atoms with van der Waals surface area (Å²) in [4.78, 5) is 0.886. The smallest absolute Gasteiger partial charge is 0.261 e. The van der Waals surface area contributed by atoms with Crippen molar-refractivity contribution < 1.29 is 17.2 Å². The van der Waals surface area contributed by atoms with Crippen LogP contribution in [0.4, 0.5) is 15.8 Å². The molecule has 0 amide bonds. The molecule has 0 bridgehead atoms. The number of hydrogen-bond donors (Lipinski definition) is 2. The van der Waals surface area contributed by atoms with Crippen LogP contribution in [0.2, 0.25) is 0 Å². The largest absolute Gasteiger partial charge is 0.418 e. The Morgan fingerprint density at radius 1 is 1.00 bits per heavy atom. The monoisotopic (exact) mass is 444 g/mol. The second-order valence-corrected chi connectivity index (χ2v) is 9.06. The fraction of sp³-hybridized carbons (Fsp3) is 0.100. The van der Waals surface area contributed by atoms with Gasteiger partial charge in [0.05, 0.1) is 9.77 Å². The van der Waals surface area contributed by atoms with Gasteiger partial charge in [0, 0.05) is 11.4 Å². The molecule has 0 aliphatic heterocycles. The summed E-state index contributed by atoms with van der Waals surface area (Å²) in [5, 5.41) is 13.3. The predicted molar refractivity (Wildman–Crippen MR) is 113 cm³/mol. The SMILES string of the molecule is C[C@H](Nc1ccc(NS(=O)(=O)c2ccc(F)cc2)cc1)c1nnc(-c2cccs2)o1. The number of anilines is 2. The third-order valence-corrected chi connectivity index (χ3v) is 6.44. The minimum Gasteiger partial charge on any atom is -0.418 e. The molecule has 30 heavy (non-hydrogen) atoms. The summed E-state index contributed by atoms with van der Waals surface area (Å²) in [6.07, 6.45) is 0. The van der Waals surface area contributed by atoms with Crippen molar-refractivity contribution in [3.05, 3.63) is 77.8 Å². The molecule has 2 heterocycles. The summed E-state index contributed by atoms with van der Waals surface area (Å²) in [5.74, 6) is 0.418. The summed E-state index contributed by atoms with van der Waals surface area (Å²) in [7, 11) is -3.80. The molecule has 0 spiro atoms. The predicted octanol–water partition coefficient (Wildman–Crippen LogP) is 4.91. The zero-order valence-electron chi connectivity index (χ0n) is 15.7. The van der Waals surface area contributed by atoms with Crippen molar-refractivity contribution in [3.8, 4) is 10.8 Å². The molecule has 0 aliphatic rings. The maximum atomic E-state index is 13.0. The van der Waals surface area contributed by atoms with Crippen LogP contribution in [-0.2, 0) is 10.0 Å². The van der Waals surface area contributed by atoms with Gasteiger partial charge in [-0.1, -0.05) is 6.07 Å². The number of nitrogens with one attached hydrogen (secondary N) is 2. The summed E-state index contributed by atoms with van der Waals surface area (Å²) >= 11 is 1.52. The van der Waals surface area contributed by atoms with Gasteiger partial charge in [-0.05, 0) is 66.9 Å². The Bertz CT molecular complexity index is 1220. The fourth-order valence-electron chi connectivity index (χ4n) is 2.68. The van der Waals surface area contributed by atoms with Gasteiger partial charge >= 0.3 is 0 Å². The number of rotatable bonds is 7. The Morgan fingerprint density at radius 3 is 2.37 bits per heavy atom. The molecule has 2 aromatic carbocycles. The lowest BCUT2D eigenvalue weighted by Gasteiger charge is -2.13. The highest BCUT2D eigenvalue weighted by Crippen LogP contribution is 2.26. The molecule has 0 radical (unpaired) electrons. The van der Waals surface area contributed by atoms with Crippen molar-refractivity contribution in [1.29, 1.82) is 0 Å². The first-order valence-corrected chi connectivity index (χ1v) is 11.3. The summed E-state index contributed by atoms with van der Waals surface area (Å²) in [6.45, 7) is 1.89. The van der Waals surface area contributed by atoms with Gasteiger partial charge in [-0.25, -0.2) is 12.8 Å². The summed E-state index contributed by atoms with van der Waals surface area (Å²) in [6, 6.07) is 14.9. The molecule has 2 aromatic heterocycles. The number of nitrogens with zero attached hydrogens (tertiary/aromatic N) is 2. The molecule has 1 atom stereocenters. The van der Waals surface area contributed by atoms with Crippen LogP contribution in [0.5, 0.6) is 0 Å². The second kappa shape index (κ2) is 8.25. The molecule has 7 nitrogen and oxygen atoms in total. The Morgan fingerprint density at radius 2 is 1.70 bits per heavy atom. The van der Waals surface area contributed by atoms with Gasteiger partial charge in [0.25, 0.3) is 15.9 Å². The van der Waals surface area contributed by atoms with Crippen molar-refractivity contribution in [2.75, 3.05) is 10.0 Å². The van der Waals surface area contributed by atoms with E-state index in [0.717, 1.165) is 22.7 Å². The number of hydrogen-bond acceptors (Lipinski definition) is 7. The van der Waals surface area contributed by atoms with E-state index in [2.05, 4.69) is 20.2 Å². The molecule has 2 N–H and O–H groups in total. The van der Waals surface area contributed by atoms with Crippen LogP contribution in [0, 0.1) is 5.82 Å². The number of aromatic nitrogens is 2. The lowest BCUT2D eigenvalue weighted by atomic mass is 10.2. The van der Waals surface area contributed by atoms with Gasteiger partial charge in [-0.2, -0.15) is 0 Å². The molecule has 4 rings (SSSR count). The van der Waals surface area contributed by atoms with Crippen LogP contribution in [-0.4, -0.2) is 18.6 Å². The third-order valence-electron chi connectivity index (χ3n) is 4.19. The Hall–Kier alpha value is -3.24. The maximum Gasteiger partial charge on any atom is 0.261 e. The van der Waals surface area contributed by atoms with E-state index >= 15 is 0 Å². The average Bonchev–Trinajstić information content (AvgIpc) is 3.41. The first kappa shape index (κ1) is 20.0. The van der Waals surface area contributed by atoms with Crippen LogP contribution >= 0.6 is 11.3 Å². The molecule has 4 aromatic rings. The van der Waals surface area contributed by atoms with Crippen LogP contribution in [0.3, 0.4) is 0 Å². The molecule has 0 saturated heterocycles. The van der Waals surface area contributed by atoms with E-state index in [1.54, 1.807) is 24.3 Å². The average molecular weight is 445 g/mol. The van der Waals surface area contributed by atoms with Gasteiger partial charge in [0.15, 0.2) is 0 Å². The van der Waals surface area contributed by atoms with Crippen LogP contribution in [0.25, 0.3) is 10.8 Å². The first-order valence-electron chi connectivity index (χ1n) is 8.93. The number of benzene rings is 2.